The van der Waals surface area contributed by atoms with E-state index in [2.05, 4.69) is 5.32 Å². The molecule has 0 amide bonds. The molecule has 3 aliphatic rings. The largest absolute Gasteiger partial charge is 0.396 e. The van der Waals surface area contributed by atoms with Gasteiger partial charge in [0.1, 0.15) is 0 Å². The number of hydrogen-bond acceptors (Lipinski definition) is 2. The number of fused-ring (bicyclic) bond motifs is 5. The first-order valence-corrected chi connectivity index (χ1v) is 6.74. The van der Waals surface area contributed by atoms with Crippen LogP contribution in [0.4, 0.5) is 0 Å². The van der Waals surface area contributed by atoms with Gasteiger partial charge in [0, 0.05) is 12.6 Å². The number of hydrogen-bond donors (Lipinski definition) is 2. The van der Waals surface area contributed by atoms with E-state index in [4.69, 9.17) is 5.11 Å². The minimum absolute atomic E-state index is 0.333. The van der Waals surface area contributed by atoms with Crippen LogP contribution < -0.4 is 5.32 Å². The SMILES string of the molecule is OCCCN[C@H]1C[C@H]2C[C@H]1[C@@H]1CCC[C@@H]21. The molecule has 0 heterocycles. The highest BCUT2D eigenvalue weighted by Gasteiger charge is 2.53. The molecule has 86 valence electrons. The van der Waals surface area contributed by atoms with E-state index in [0.29, 0.717) is 6.61 Å². The molecule has 0 aromatic carbocycles. The van der Waals surface area contributed by atoms with Crippen LogP contribution in [-0.2, 0) is 0 Å². The molecule has 2 heteroatoms. The maximum Gasteiger partial charge on any atom is 0.0443 e. The predicted molar refractivity (Wildman–Crippen MR) is 60.5 cm³/mol. The molecule has 3 saturated carbocycles. The van der Waals surface area contributed by atoms with E-state index >= 15 is 0 Å². The van der Waals surface area contributed by atoms with Crippen molar-refractivity contribution in [1.29, 1.82) is 0 Å². The van der Waals surface area contributed by atoms with Gasteiger partial charge >= 0.3 is 0 Å². The zero-order valence-electron chi connectivity index (χ0n) is 9.49. The molecule has 0 saturated heterocycles. The van der Waals surface area contributed by atoms with Crippen LogP contribution in [-0.4, -0.2) is 24.3 Å². The van der Waals surface area contributed by atoms with E-state index in [1.165, 1.54) is 32.1 Å². The third-order valence-electron chi connectivity index (χ3n) is 5.17. The Kier molecular flexibility index (Phi) is 2.73. The molecule has 15 heavy (non-hydrogen) atoms. The van der Waals surface area contributed by atoms with E-state index in [9.17, 15) is 0 Å². The minimum atomic E-state index is 0.333. The fourth-order valence-corrected chi connectivity index (χ4v) is 4.67. The maximum absolute atomic E-state index is 8.78. The zero-order chi connectivity index (χ0) is 10.3. The van der Waals surface area contributed by atoms with Crippen LogP contribution >= 0.6 is 0 Å². The fourth-order valence-electron chi connectivity index (χ4n) is 4.67. The Morgan fingerprint density at radius 1 is 1.07 bits per heavy atom. The molecule has 0 aromatic heterocycles. The first-order valence-electron chi connectivity index (χ1n) is 6.74. The van der Waals surface area contributed by atoms with Gasteiger partial charge < -0.3 is 10.4 Å². The Balaban J connectivity index is 1.56. The molecule has 3 rings (SSSR count). The van der Waals surface area contributed by atoms with E-state index in [1.54, 1.807) is 0 Å². The predicted octanol–water partition coefficient (Wildman–Crippen LogP) is 1.78. The smallest absolute Gasteiger partial charge is 0.0443 e. The average molecular weight is 209 g/mol. The number of aliphatic hydroxyl groups is 1. The van der Waals surface area contributed by atoms with E-state index in [0.717, 1.165) is 42.7 Å². The van der Waals surface area contributed by atoms with Crippen molar-refractivity contribution < 1.29 is 5.11 Å². The summed E-state index contributed by atoms with van der Waals surface area (Å²) in [4.78, 5) is 0. The summed E-state index contributed by atoms with van der Waals surface area (Å²) in [5.41, 5.74) is 0. The molecule has 0 spiro atoms. The van der Waals surface area contributed by atoms with E-state index in [1.807, 2.05) is 0 Å². The van der Waals surface area contributed by atoms with Gasteiger partial charge in [0.25, 0.3) is 0 Å². The Labute approximate surface area is 92.4 Å². The van der Waals surface area contributed by atoms with Crippen molar-refractivity contribution in [3.8, 4) is 0 Å². The van der Waals surface area contributed by atoms with Crippen LogP contribution in [0, 0.1) is 23.7 Å². The summed E-state index contributed by atoms with van der Waals surface area (Å²) >= 11 is 0. The van der Waals surface area contributed by atoms with Gasteiger partial charge in [0.2, 0.25) is 0 Å². The third-order valence-corrected chi connectivity index (χ3v) is 5.17. The molecule has 2 nitrogen and oxygen atoms in total. The molecule has 3 aliphatic carbocycles. The normalized spacial score (nSPS) is 47.4. The highest BCUT2D eigenvalue weighted by molar-refractivity contribution is 5.05. The van der Waals surface area contributed by atoms with Crippen LogP contribution in [0.5, 0.6) is 0 Å². The van der Waals surface area contributed by atoms with Gasteiger partial charge in [-0.25, -0.2) is 0 Å². The molecule has 0 aromatic rings. The molecule has 5 atom stereocenters. The summed E-state index contributed by atoms with van der Waals surface area (Å²) in [6.45, 7) is 1.35. The Hall–Kier alpha value is -0.0800. The lowest BCUT2D eigenvalue weighted by atomic mass is 9.79. The van der Waals surface area contributed by atoms with Crippen molar-refractivity contribution in [3.63, 3.8) is 0 Å². The highest BCUT2D eigenvalue weighted by atomic mass is 16.3. The van der Waals surface area contributed by atoms with Gasteiger partial charge in [-0.05, 0) is 62.3 Å². The number of rotatable bonds is 4. The van der Waals surface area contributed by atoms with Crippen molar-refractivity contribution in [3.05, 3.63) is 0 Å². The van der Waals surface area contributed by atoms with Crippen LogP contribution in [0.2, 0.25) is 0 Å². The topological polar surface area (TPSA) is 32.3 Å². The van der Waals surface area contributed by atoms with Crippen molar-refractivity contribution in [2.24, 2.45) is 23.7 Å². The number of nitrogens with one attached hydrogen (secondary N) is 1. The lowest BCUT2D eigenvalue weighted by Gasteiger charge is -2.32. The Morgan fingerprint density at radius 3 is 2.80 bits per heavy atom. The summed E-state index contributed by atoms with van der Waals surface area (Å²) in [5.74, 6) is 4.21. The summed E-state index contributed by atoms with van der Waals surface area (Å²) in [6, 6.07) is 0.792. The lowest BCUT2D eigenvalue weighted by molar-refractivity contribution is 0.204. The summed E-state index contributed by atoms with van der Waals surface area (Å²) in [5, 5.41) is 12.4. The monoisotopic (exact) mass is 209 g/mol. The fraction of sp³-hybridized carbons (Fsp3) is 1.00. The molecular weight excluding hydrogens is 186 g/mol. The van der Waals surface area contributed by atoms with Gasteiger partial charge in [0.15, 0.2) is 0 Å². The van der Waals surface area contributed by atoms with Crippen molar-refractivity contribution >= 4 is 0 Å². The van der Waals surface area contributed by atoms with E-state index < -0.39 is 0 Å². The second-order valence-electron chi connectivity index (χ2n) is 5.79. The summed E-state index contributed by atoms with van der Waals surface area (Å²) in [7, 11) is 0. The standard InChI is InChI=1S/C13H23NO/c15-6-2-5-14-13-8-9-7-12(13)11-4-1-3-10(9)11/h9-15H,1-8H2/t9-,10+,11-,12+,13+/m1/s1. The maximum atomic E-state index is 8.78. The molecule has 0 unspecified atom stereocenters. The van der Waals surface area contributed by atoms with Gasteiger partial charge in [-0.1, -0.05) is 6.42 Å². The molecule has 0 radical (unpaired) electrons. The summed E-state index contributed by atoms with van der Waals surface area (Å²) < 4.78 is 0. The second-order valence-corrected chi connectivity index (χ2v) is 5.79. The number of aliphatic hydroxyl groups excluding tert-OH is 1. The quantitative estimate of drug-likeness (QED) is 0.692. The Bertz CT molecular complexity index is 231. The first kappa shape index (κ1) is 10.1. The molecule has 2 N–H and O–H groups in total. The molecular formula is C13H23NO. The van der Waals surface area contributed by atoms with E-state index in [-0.39, 0.29) is 0 Å². The molecule has 0 aliphatic heterocycles. The molecule has 2 bridgehead atoms. The zero-order valence-corrected chi connectivity index (χ0v) is 9.49. The minimum Gasteiger partial charge on any atom is -0.396 e. The van der Waals surface area contributed by atoms with Crippen LogP contribution in [0.25, 0.3) is 0 Å². The van der Waals surface area contributed by atoms with Crippen molar-refractivity contribution in [2.75, 3.05) is 13.2 Å². The Morgan fingerprint density at radius 2 is 1.93 bits per heavy atom. The van der Waals surface area contributed by atoms with Gasteiger partial charge in [-0.3, -0.25) is 0 Å². The van der Waals surface area contributed by atoms with Gasteiger partial charge in [-0.2, -0.15) is 0 Å². The van der Waals surface area contributed by atoms with Gasteiger partial charge in [0.05, 0.1) is 0 Å². The highest BCUT2D eigenvalue weighted by Crippen LogP contribution is 2.58. The van der Waals surface area contributed by atoms with Crippen molar-refractivity contribution in [1.82, 2.24) is 5.32 Å². The molecule has 3 fully saturated rings. The summed E-state index contributed by atoms with van der Waals surface area (Å²) in [6.07, 6.45) is 8.37. The lowest BCUT2D eigenvalue weighted by Crippen LogP contribution is -2.39. The first-order chi connectivity index (χ1) is 7.40. The second kappa shape index (κ2) is 4.06. The van der Waals surface area contributed by atoms with Crippen molar-refractivity contribution in [2.45, 2.75) is 44.6 Å². The van der Waals surface area contributed by atoms with Crippen LogP contribution in [0.1, 0.15) is 38.5 Å². The van der Waals surface area contributed by atoms with Crippen LogP contribution in [0.15, 0.2) is 0 Å². The van der Waals surface area contributed by atoms with Gasteiger partial charge in [-0.15, -0.1) is 0 Å². The third kappa shape index (κ3) is 1.62. The van der Waals surface area contributed by atoms with Crippen LogP contribution in [0.3, 0.4) is 0 Å². The average Bonchev–Trinajstić information content (AvgIpc) is 2.89.